The van der Waals surface area contributed by atoms with Crippen LogP contribution in [0.5, 0.6) is 0 Å². The van der Waals surface area contributed by atoms with E-state index in [1.807, 2.05) is 4.90 Å². The van der Waals surface area contributed by atoms with Crippen molar-refractivity contribution in [2.45, 2.75) is 31.2 Å². The topological polar surface area (TPSA) is 74.6 Å². The molecule has 0 bridgehead atoms. The third-order valence-electron chi connectivity index (χ3n) is 3.64. The second kappa shape index (κ2) is 8.90. The fourth-order valence-electron chi connectivity index (χ4n) is 2.46. The van der Waals surface area contributed by atoms with Gasteiger partial charge in [-0.2, -0.15) is 5.26 Å². The molecule has 0 aromatic rings. The molecule has 0 heterocycles. The van der Waals surface area contributed by atoms with Crippen molar-refractivity contribution in [3.05, 3.63) is 0 Å². The van der Waals surface area contributed by atoms with Gasteiger partial charge >= 0.3 is 0 Å². The zero-order chi connectivity index (χ0) is 14.8. The van der Waals surface area contributed by atoms with Crippen LogP contribution in [0.25, 0.3) is 0 Å². The van der Waals surface area contributed by atoms with Crippen molar-refractivity contribution in [1.82, 2.24) is 10.2 Å². The SMILES string of the molecule is COCCN(CCOC)CC(=O)NC1(C#N)CCCC1. The summed E-state index contributed by atoms with van der Waals surface area (Å²) in [6.07, 6.45) is 3.52. The van der Waals surface area contributed by atoms with Crippen LogP contribution in [-0.4, -0.2) is 63.4 Å². The van der Waals surface area contributed by atoms with E-state index in [2.05, 4.69) is 11.4 Å². The highest BCUT2D eigenvalue weighted by atomic mass is 16.5. The van der Waals surface area contributed by atoms with Gasteiger partial charge in [0.15, 0.2) is 0 Å². The van der Waals surface area contributed by atoms with E-state index in [9.17, 15) is 10.1 Å². The van der Waals surface area contributed by atoms with Crippen LogP contribution in [-0.2, 0) is 14.3 Å². The Hall–Kier alpha value is -1.16. The van der Waals surface area contributed by atoms with Gasteiger partial charge in [0.1, 0.15) is 5.54 Å². The molecule has 1 fully saturated rings. The van der Waals surface area contributed by atoms with Gasteiger partial charge in [-0.1, -0.05) is 0 Å². The predicted octanol–water partition coefficient (Wildman–Crippen LogP) is 0.534. The number of carbonyl (C=O) groups excluding carboxylic acids is 1. The molecule has 6 heteroatoms. The number of ether oxygens (including phenoxy) is 2. The lowest BCUT2D eigenvalue weighted by molar-refractivity contribution is -0.123. The van der Waals surface area contributed by atoms with E-state index in [4.69, 9.17) is 9.47 Å². The first-order valence-electron chi connectivity index (χ1n) is 7.08. The van der Waals surface area contributed by atoms with Crippen LogP contribution >= 0.6 is 0 Å². The maximum Gasteiger partial charge on any atom is 0.235 e. The predicted molar refractivity (Wildman–Crippen MR) is 75.1 cm³/mol. The Morgan fingerprint density at radius 1 is 1.25 bits per heavy atom. The largest absolute Gasteiger partial charge is 0.383 e. The molecule has 6 nitrogen and oxygen atoms in total. The molecule has 0 aliphatic heterocycles. The van der Waals surface area contributed by atoms with Gasteiger partial charge in [0.05, 0.1) is 25.8 Å². The third kappa shape index (κ3) is 5.45. The van der Waals surface area contributed by atoms with Gasteiger partial charge in [-0.15, -0.1) is 0 Å². The zero-order valence-electron chi connectivity index (χ0n) is 12.5. The Morgan fingerprint density at radius 2 is 1.80 bits per heavy atom. The van der Waals surface area contributed by atoms with E-state index in [1.54, 1.807) is 14.2 Å². The lowest BCUT2D eigenvalue weighted by atomic mass is 10.00. The summed E-state index contributed by atoms with van der Waals surface area (Å²) in [4.78, 5) is 14.1. The molecule has 1 amide bonds. The summed E-state index contributed by atoms with van der Waals surface area (Å²) in [5.41, 5.74) is -0.648. The highest BCUT2D eigenvalue weighted by Crippen LogP contribution is 2.28. The van der Waals surface area contributed by atoms with Gasteiger partial charge in [0.2, 0.25) is 5.91 Å². The quantitative estimate of drug-likeness (QED) is 0.668. The van der Waals surface area contributed by atoms with Gasteiger partial charge in [-0.3, -0.25) is 9.69 Å². The number of nitrogens with one attached hydrogen (secondary N) is 1. The molecule has 0 aromatic heterocycles. The first kappa shape index (κ1) is 16.9. The second-order valence-corrected chi connectivity index (χ2v) is 5.21. The Bertz CT molecular complexity index is 327. The second-order valence-electron chi connectivity index (χ2n) is 5.21. The molecule has 0 radical (unpaired) electrons. The molecular weight excluding hydrogens is 258 g/mol. The minimum absolute atomic E-state index is 0.0966. The lowest BCUT2D eigenvalue weighted by Gasteiger charge is -2.25. The Morgan fingerprint density at radius 3 is 2.25 bits per heavy atom. The van der Waals surface area contributed by atoms with Crippen molar-refractivity contribution >= 4 is 5.91 Å². The van der Waals surface area contributed by atoms with Crippen molar-refractivity contribution in [3.8, 4) is 6.07 Å². The average molecular weight is 283 g/mol. The molecule has 1 N–H and O–H groups in total. The van der Waals surface area contributed by atoms with Crippen molar-refractivity contribution in [2.24, 2.45) is 0 Å². The van der Waals surface area contributed by atoms with E-state index < -0.39 is 5.54 Å². The van der Waals surface area contributed by atoms with Gasteiger partial charge in [0, 0.05) is 27.3 Å². The van der Waals surface area contributed by atoms with E-state index >= 15 is 0 Å². The monoisotopic (exact) mass is 283 g/mol. The number of amides is 1. The van der Waals surface area contributed by atoms with Crippen LogP contribution in [0.3, 0.4) is 0 Å². The number of nitriles is 1. The van der Waals surface area contributed by atoms with Crippen LogP contribution in [0.4, 0.5) is 0 Å². The van der Waals surface area contributed by atoms with E-state index in [0.29, 0.717) is 26.3 Å². The van der Waals surface area contributed by atoms with Crippen LogP contribution in [0.15, 0.2) is 0 Å². The first-order valence-corrected chi connectivity index (χ1v) is 7.08. The number of nitrogens with zero attached hydrogens (tertiary/aromatic N) is 2. The van der Waals surface area contributed by atoms with Gasteiger partial charge in [-0.25, -0.2) is 0 Å². The highest BCUT2D eigenvalue weighted by molar-refractivity contribution is 5.79. The zero-order valence-corrected chi connectivity index (χ0v) is 12.5. The molecule has 114 valence electrons. The molecule has 0 saturated heterocycles. The molecule has 20 heavy (non-hydrogen) atoms. The maximum absolute atomic E-state index is 12.1. The number of hydrogen-bond donors (Lipinski definition) is 1. The van der Waals surface area contributed by atoms with E-state index in [0.717, 1.165) is 25.7 Å². The summed E-state index contributed by atoms with van der Waals surface area (Å²) < 4.78 is 10.1. The van der Waals surface area contributed by atoms with Crippen LogP contribution in [0.1, 0.15) is 25.7 Å². The summed E-state index contributed by atoms with van der Waals surface area (Å²) >= 11 is 0. The lowest BCUT2D eigenvalue weighted by Crippen LogP contribution is -2.49. The molecule has 1 rings (SSSR count). The van der Waals surface area contributed by atoms with Crippen molar-refractivity contribution in [1.29, 1.82) is 5.26 Å². The Labute approximate surface area is 121 Å². The number of carbonyl (C=O) groups is 1. The van der Waals surface area contributed by atoms with Crippen molar-refractivity contribution in [2.75, 3.05) is 47.1 Å². The van der Waals surface area contributed by atoms with Crippen molar-refractivity contribution < 1.29 is 14.3 Å². The average Bonchev–Trinajstić information content (AvgIpc) is 2.90. The number of methoxy groups -OCH3 is 2. The molecular formula is C14H25N3O3. The molecule has 0 aromatic carbocycles. The molecule has 0 unspecified atom stereocenters. The van der Waals surface area contributed by atoms with E-state index in [-0.39, 0.29) is 12.5 Å². The number of rotatable bonds is 9. The van der Waals surface area contributed by atoms with Crippen molar-refractivity contribution in [3.63, 3.8) is 0 Å². The standard InChI is InChI=1S/C14H25N3O3/c1-19-9-7-17(8-10-20-2)11-13(18)16-14(12-15)5-3-4-6-14/h3-11H2,1-2H3,(H,16,18). The highest BCUT2D eigenvalue weighted by Gasteiger charge is 2.35. The Balaban J connectivity index is 2.45. The fraction of sp³-hybridized carbons (Fsp3) is 0.857. The van der Waals surface area contributed by atoms with Gasteiger partial charge < -0.3 is 14.8 Å². The summed E-state index contributed by atoms with van der Waals surface area (Å²) in [5.74, 6) is -0.0966. The normalized spacial score (nSPS) is 17.1. The summed E-state index contributed by atoms with van der Waals surface area (Å²) in [5, 5.41) is 12.2. The van der Waals surface area contributed by atoms with Crippen LogP contribution in [0.2, 0.25) is 0 Å². The first-order chi connectivity index (χ1) is 9.65. The fourth-order valence-corrected chi connectivity index (χ4v) is 2.46. The minimum atomic E-state index is -0.648. The van der Waals surface area contributed by atoms with Crippen LogP contribution in [0, 0.1) is 11.3 Å². The number of hydrogen-bond acceptors (Lipinski definition) is 5. The third-order valence-corrected chi connectivity index (χ3v) is 3.64. The summed E-state index contributed by atoms with van der Waals surface area (Å²) in [6, 6.07) is 2.27. The summed E-state index contributed by atoms with van der Waals surface area (Å²) in [6.45, 7) is 2.76. The molecule has 0 atom stereocenters. The molecule has 1 saturated carbocycles. The molecule has 0 spiro atoms. The minimum Gasteiger partial charge on any atom is -0.383 e. The Kier molecular flexibility index (Phi) is 7.52. The van der Waals surface area contributed by atoms with E-state index in [1.165, 1.54) is 0 Å². The molecule has 1 aliphatic rings. The summed E-state index contributed by atoms with van der Waals surface area (Å²) in [7, 11) is 3.27. The van der Waals surface area contributed by atoms with Gasteiger partial charge in [0.25, 0.3) is 0 Å². The molecule has 1 aliphatic carbocycles. The van der Waals surface area contributed by atoms with Gasteiger partial charge in [-0.05, 0) is 25.7 Å². The maximum atomic E-state index is 12.1. The van der Waals surface area contributed by atoms with Crippen LogP contribution < -0.4 is 5.32 Å². The smallest absolute Gasteiger partial charge is 0.235 e.